The molecule has 0 aromatic heterocycles. The van der Waals surface area contributed by atoms with Gasteiger partial charge in [-0.3, -0.25) is 9.79 Å². The second kappa shape index (κ2) is 14.4. The Bertz CT molecular complexity index is 329. The van der Waals surface area contributed by atoms with Crippen LogP contribution in [0.4, 0.5) is 0 Å². The van der Waals surface area contributed by atoms with Crippen LogP contribution in [0.2, 0.25) is 0 Å². The second-order valence-electron chi connectivity index (χ2n) is 5.23. The molecule has 0 atom stereocenters. The lowest BCUT2D eigenvalue weighted by molar-refractivity contribution is -0.127. The molecule has 1 aliphatic rings. The van der Waals surface area contributed by atoms with Crippen LogP contribution in [-0.2, 0) is 4.79 Å². The van der Waals surface area contributed by atoms with E-state index in [1.165, 1.54) is 18.6 Å². The SMILES string of the molecule is CCNC(=NCCCN1CCCC1=O)NCCCCSC.I. The van der Waals surface area contributed by atoms with Gasteiger partial charge in [0.15, 0.2) is 5.96 Å². The van der Waals surface area contributed by atoms with Crippen molar-refractivity contribution in [2.45, 2.75) is 39.0 Å². The van der Waals surface area contributed by atoms with Gasteiger partial charge in [0.2, 0.25) is 5.91 Å². The number of nitrogens with zero attached hydrogens (tertiary/aromatic N) is 2. The first kappa shape index (κ1) is 21.8. The van der Waals surface area contributed by atoms with E-state index < -0.39 is 0 Å². The fourth-order valence-corrected chi connectivity index (χ4v) is 2.81. The first-order valence-corrected chi connectivity index (χ1v) is 9.46. The van der Waals surface area contributed by atoms with Crippen LogP contribution >= 0.6 is 35.7 Å². The summed E-state index contributed by atoms with van der Waals surface area (Å²) < 4.78 is 0. The Balaban J connectivity index is 0.00000441. The summed E-state index contributed by atoms with van der Waals surface area (Å²) in [4.78, 5) is 18.0. The molecule has 5 nitrogen and oxygen atoms in total. The number of nitrogens with one attached hydrogen (secondary N) is 2. The minimum absolute atomic E-state index is 0. The molecule has 1 saturated heterocycles. The molecule has 0 spiro atoms. The Morgan fingerprint density at radius 1 is 1.32 bits per heavy atom. The predicted octanol–water partition coefficient (Wildman–Crippen LogP) is 2.32. The Kier molecular flexibility index (Phi) is 14.3. The standard InChI is InChI=1S/C15H30N4OS.HI/c1-3-16-15(17-9-4-5-13-21-2)18-10-7-12-19-11-6-8-14(19)20;/h3-13H2,1-2H3,(H2,16,17,18);1H. The molecule has 2 N–H and O–H groups in total. The quantitative estimate of drug-likeness (QED) is 0.236. The van der Waals surface area contributed by atoms with Gasteiger partial charge in [-0.05, 0) is 44.6 Å². The van der Waals surface area contributed by atoms with Crippen LogP contribution in [0.25, 0.3) is 0 Å². The topological polar surface area (TPSA) is 56.7 Å². The fourth-order valence-electron chi connectivity index (χ4n) is 2.31. The van der Waals surface area contributed by atoms with E-state index in [0.29, 0.717) is 5.91 Å². The van der Waals surface area contributed by atoms with E-state index in [-0.39, 0.29) is 24.0 Å². The fraction of sp³-hybridized carbons (Fsp3) is 0.867. The van der Waals surface area contributed by atoms with E-state index >= 15 is 0 Å². The Labute approximate surface area is 156 Å². The summed E-state index contributed by atoms with van der Waals surface area (Å²) in [7, 11) is 0. The van der Waals surface area contributed by atoms with E-state index in [0.717, 1.165) is 57.9 Å². The molecule has 1 heterocycles. The van der Waals surface area contributed by atoms with Gasteiger partial charge in [-0.1, -0.05) is 0 Å². The van der Waals surface area contributed by atoms with Crippen LogP contribution in [0.3, 0.4) is 0 Å². The highest BCUT2D eigenvalue weighted by Crippen LogP contribution is 2.09. The molecule has 1 aliphatic heterocycles. The van der Waals surface area contributed by atoms with Crippen molar-refractivity contribution in [3.8, 4) is 0 Å². The van der Waals surface area contributed by atoms with Crippen molar-refractivity contribution >= 4 is 47.6 Å². The Hall–Kier alpha value is -0.180. The number of rotatable bonds is 10. The summed E-state index contributed by atoms with van der Waals surface area (Å²) >= 11 is 1.89. The summed E-state index contributed by atoms with van der Waals surface area (Å²) in [6, 6.07) is 0. The largest absolute Gasteiger partial charge is 0.357 e. The number of halogens is 1. The van der Waals surface area contributed by atoms with Crippen LogP contribution in [0, 0.1) is 0 Å². The highest BCUT2D eigenvalue weighted by molar-refractivity contribution is 14.0. The summed E-state index contributed by atoms with van der Waals surface area (Å²) in [6.07, 6.45) is 7.24. The molecule has 0 aliphatic carbocycles. The number of guanidine groups is 1. The molecule has 1 rings (SSSR count). The first-order valence-electron chi connectivity index (χ1n) is 8.06. The third kappa shape index (κ3) is 9.76. The van der Waals surface area contributed by atoms with Gasteiger partial charge in [-0.2, -0.15) is 11.8 Å². The van der Waals surface area contributed by atoms with Gasteiger partial charge >= 0.3 is 0 Å². The van der Waals surface area contributed by atoms with Crippen molar-refractivity contribution in [2.75, 3.05) is 44.7 Å². The number of hydrogen-bond acceptors (Lipinski definition) is 3. The van der Waals surface area contributed by atoms with Crippen LogP contribution < -0.4 is 10.6 Å². The zero-order valence-electron chi connectivity index (χ0n) is 13.9. The molecule has 0 aromatic rings. The molecular weight excluding hydrogens is 411 g/mol. The van der Waals surface area contributed by atoms with Crippen molar-refractivity contribution in [2.24, 2.45) is 4.99 Å². The highest BCUT2D eigenvalue weighted by atomic mass is 127. The van der Waals surface area contributed by atoms with Crippen LogP contribution in [0.5, 0.6) is 0 Å². The van der Waals surface area contributed by atoms with E-state index in [4.69, 9.17) is 0 Å². The van der Waals surface area contributed by atoms with Gasteiger partial charge in [0.1, 0.15) is 0 Å². The maximum atomic E-state index is 11.5. The number of carbonyl (C=O) groups excluding carboxylic acids is 1. The summed E-state index contributed by atoms with van der Waals surface area (Å²) in [6.45, 7) is 6.46. The van der Waals surface area contributed by atoms with Crippen LogP contribution in [0.15, 0.2) is 4.99 Å². The third-order valence-electron chi connectivity index (χ3n) is 3.44. The molecule has 1 fully saturated rings. The Morgan fingerprint density at radius 3 is 2.77 bits per heavy atom. The third-order valence-corrected chi connectivity index (χ3v) is 4.14. The summed E-state index contributed by atoms with van der Waals surface area (Å²) in [5.41, 5.74) is 0. The average Bonchev–Trinajstić information content (AvgIpc) is 2.88. The zero-order valence-corrected chi connectivity index (χ0v) is 17.0. The number of thioether (sulfide) groups is 1. The second-order valence-corrected chi connectivity index (χ2v) is 6.21. The molecule has 0 unspecified atom stereocenters. The van der Waals surface area contributed by atoms with Gasteiger partial charge < -0.3 is 15.5 Å². The van der Waals surface area contributed by atoms with Gasteiger partial charge in [0.05, 0.1) is 0 Å². The lowest BCUT2D eigenvalue weighted by atomic mass is 10.3. The average molecular weight is 442 g/mol. The van der Waals surface area contributed by atoms with E-state index in [1.54, 1.807) is 0 Å². The van der Waals surface area contributed by atoms with E-state index in [2.05, 4.69) is 28.8 Å². The molecule has 0 bridgehead atoms. The molecule has 0 radical (unpaired) electrons. The molecule has 130 valence electrons. The highest BCUT2D eigenvalue weighted by Gasteiger charge is 2.18. The number of unbranched alkanes of at least 4 members (excludes halogenated alkanes) is 1. The van der Waals surface area contributed by atoms with Crippen LogP contribution in [-0.4, -0.2) is 61.5 Å². The molecular formula is C15H31IN4OS. The predicted molar refractivity (Wildman–Crippen MR) is 107 cm³/mol. The number of likely N-dealkylation sites (tertiary alicyclic amines) is 1. The van der Waals surface area contributed by atoms with Gasteiger partial charge in [-0.25, -0.2) is 0 Å². The van der Waals surface area contributed by atoms with Crippen molar-refractivity contribution < 1.29 is 4.79 Å². The van der Waals surface area contributed by atoms with Gasteiger partial charge in [-0.15, -0.1) is 24.0 Å². The number of hydrogen-bond donors (Lipinski definition) is 2. The molecule has 1 amide bonds. The molecule has 7 heteroatoms. The smallest absolute Gasteiger partial charge is 0.222 e. The minimum Gasteiger partial charge on any atom is -0.357 e. The van der Waals surface area contributed by atoms with Gasteiger partial charge in [0.25, 0.3) is 0 Å². The van der Waals surface area contributed by atoms with E-state index in [1.807, 2.05) is 16.7 Å². The van der Waals surface area contributed by atoms with Crippen molar-refractivity contribution in [3.63, 3.8) is 0 Å². The number of amides is 1. The number of aliphatic imine (C=N–C) groups is 1. The molecule has 0 aromatic carbocycles. The summed E-state index contributed by atoms with van der Waals surface area (Å²) in [5, 5.41) is 6.63. The van der Waals surface area contributed by atoms with Crippen molar-refractivity contribution in [3.05, 3.63) is 0 Å². The first-order chi connectivity index (χ1) is 10.3. The maximum absolute atomic E-state index is 11.5. The minimum atomic E-state index is 0. The van der Waals surface area contributed by atoms with Crippen molar-refractivity contribution in [1.29, 1.82) is 0 Å². The van der Waals surface area contributed by atoms with Crippen LogP contribution in [0.1, 0.15) is 39.0 Å². The molecule has 22 heavy (non-hydrogen) atoms. The lowest BCUT2D eigenvalue weighted by Crippen LogP contribution is -2.38. The van der Waals surface area contributed by atoms with Crippen molar-refractivity contribution in [1.82, 2.24) is 15.5 Å². The normalized spacial score (nSPS) is 14.9. The monoisotopic (exact) mass is 442 g/mol. The Morgan fingerprint density at radius 2 is 2.14 bits per heavy atom. The van der Waals surface area contributed by atoms with Gasteiger partial charge in [0, 0.05) is 39.1 Å². The zero-order chi connectivity index (χ0) is 15.3. The number of carbonyl (C=O) groups is 1. The maximum Gasteiger partial charge on any atom is 0.222 e. The van der Waals surface area contributed by atoms with E-state index in [9.17, 15) is 4.79 Å². The lowest BCUT2D eigenvalue weighted by Gasteiger charge is -2.15. The molecule has 0 saturated carbocycles. The summed E-state index contributed by atoms with van der Waals surface area (Å²) in [5.74, 6) is 2.42.